The molecule has 0 saturated heterocycles. The van der Waals surface area contributed by atoms with Gasteiger partial charge in [-0.05, 0) is 12.8 Å². The number of hydrogen-bond acceptors (Lipinski definition) is 5. The monoisotopic (exact) mass is 320 g/mol. The lowest BCUT2D eigenvalue weighted by Gasteiger charge is -2.34. The van der Waals surface area contributed by atoms with Crippen LogP contribution in [0.1, 0.15) is 32.1 Å². The van der Waals surface area contributed by atoms with Crippen LogP contribution in [0.4, 0.5) is 0 Å². The van der Waals surface area contributed by atoms with E-state index in [9.17, 15) is 13.2 Å². The molecular weight excluding hydrogens is 296 g/mol. The lowest BCUT2D eigenvalue weighted by atomic mass is 9.72. The number of nitrogens with two attached hydrogens (primary N) is 1. The summed E-state index contributed by atoms with van der Waals surface area (Å²) in [5.74, 6) is -0.653. The molecule has 1 saturated carbocycles. The van der Waals surface area contributed by atoms with E-state index in [0.717, 1.165) is 23.6 Å². The van der Waals surface area contributed by atoms with Gasteiger partial charge in [0, 0.05) is 20.6 Å². The van der Waals surface area contributed by atoms with E-state index in [-0.39, 0.29) is 24.0 Å². The fraction of sp³-hybridized carbons (Fsp3) is 0.833. The van der Waals surface area contributed by atoms with Crippen LogP contribution in [-0.4, -0.2) is 56.1 Å². The normalized spacial score (nSPS) is 19.5. The van der Waals surface area contributed by atoms with Crippen molar-refractivity contribution in [2.45, 2.75) is 32.1 Å². The highest BCUT2D eigenvalue weighted by Crippen LogP contribution is 2.36. The lowest BCUT2D eigenvalue weighted by Crippen LogP contribution is -2.51. The van der Waals surface area contributed by atoms with Crippen LogP contribution in [-0.2, 0) is 14.8 Å². The highest BCUT2D eigenvalue weighted by Gasteiger charge is 2.43. The standard InChI is InChI=1S/C12H24N4O4S/c1-16(2)21(19,20)9-8-14-11(17)12(10(13)15-18)6-4-3-5-7-12/h18H,3-9H2,1-2H3,(H2,13,15)(H,14,17). The minimum Gasteiger partial charge on any atom is -0.409 e. The first-order valence-corrected chi connectivity index (χ1v) is 8.54. The van der Waals surface area contributed by atoms with Crippen molar-refractivity contribution in [1.29, 1.82) is 0 Å². The summed E-state index contributed by atoms with van der Waals surface area (Å²) in [7, 11) is -0.481. The van der Waals surface area contributed by atoms with E-state index in [0.29, 0.717) is 12.8 Å². The van der Waals surface area contributed by atoms with Crippen LogP contribution in [0, 0.1) is 5.41 Å². The topological polar surface area (TPSA) is 125 Å². The Bertz CT molecular complexity index is 495. The van der Waals surface area contributed by atoms with Gasteiger partial charge in [-0.2, -0.15) is 0 Å². The van der Waals surface area contributed by atoms with Gasteiger partial charge < -0.3 is 16.3 Å². The number of amidine groups is 1. The average molecular weight is 320 g/mol. The van der Waals surface area contributed by atoms with E-state index in [1.54, 1.807) is 0 Å². The number of amides is 1. The molecule has 0 heterocycles. The second-order valence-corrected chi connectivity index (χ2v) is 7.78. The molecular formula is C12H24N4O4S. The smallest absolute Gasteiger partial charge is 0.233 e. The number of oxime groups is 1. The van der Waals surface area contributed by atoms with Crippen molar-refractivity contribution in [3.8, 4) is 0 Å². The van der Waals surface area contributed by atoms with Gasteiger partial charge in [-0.1, -0.05) is 24.4 Å². The summed E-state index contributed by atoms with van der Waals surface area (Å²) < 4.78 is 24.4. The van der Waals surface area contributed by atoms with E-state index in [1.165, 1.54) is 14.1 Å². The lowest BCUT2D eigenvalue weighted by molar-refractivity contribution is -0.128. The number of nitrogens with zero attached hydrogens (tertiary/aromatic N) is 2. The third-order valence-corrected chi connectivity index (χ3v) is 5.77. The van der Waals surface area contributed by atoms with Crippen LogP contribution in [0.25, 0.3) is 0 Å². The van der Waals surface area contributed by atoms with Crippen molar-refractivity contribution < 1.29 is 18.4 Å². The summed E-state index contributed by atoms with van der Waals surface area (Å²) in [6, 6.07) is 0. The van der Waals surface area contributed by atoms with Crippen molar-refractivity contribution >= 4 is 21.8 Å². The van der Waals surface area contributed by atoms with Gasteiger partial charge in [0.15, 0.2) is 5.84 Å². The second kappa shape index (κ2) is 7.08. The highest BCUT2D eigenvalue weighted by atomic mass is 32.2. The molecule has 122 valence electrons. The largest absolute Gasteiger partial charge is 0.409 e. The van der Waals surface area contributed by atoms with Gasteiger partial charge >= 0.3 is 0 Å². The zero-order chi connectivity index (χ0) is 16.1. The van der Waals surface area contributed by atoms with Crippen LogP contribution in [0.5, 0.6) is 0 Å². The first-order valence-electron chi connectivity index (χ1n) is 6.93. The van der Waals surface area contributed by atoms with Crippen molar-refractivity contribution in [3.63, 3.8) is 0 Å². The fourth-order valence-corrected chi connectivity index (χ4v) is 3.22. The van der Waals surface area contributed by atoms with Gasteiger partial charge in [0.05, 0.1) is 5.75 Å². The SMILES string of the molecule is CN(C)S(=O)(=O)CCNC(=O)C1(C(N)=NO)CCCCC1. The molecule has 0 aromatic rings. The Morgan fingerprint density at radius 1 is 1.33 bits per heavy atom. The zero-order valence-corrected chi connectivity index (χ0v) is 13.3. The van der Waals surface area contributed by atoms with Crippen molar-refractivity contribution in [1.82, 2.24) is 9.62 Å². The molecule has 0 aliphatic heterocycles. The van der Waals surface area contributed by atoms with Gasteiger partial charge in [0.1, 0.15) is 5.41 Å². The molecule has 0 radical (unpaired) electrons. The molecule has 1 fully saturated rings. The second-order valence-electron chi connectivity index (χ2n) is 5.48. The predicted octanol–water partition coefficient (Wildman–Crippen LogP) is -0.309. The number of hydrogen-bond donors (Lipinski definition) is 3. The zero-order valence-electron chi connectivity index (χ0n) is 12.5. The Hall–Kier alpha value is -1.35. The molecule has 0 unspecified atom stereocenters. The maximum absolute atomic E-state index is 12.4. The molecule has 21 heavy (non-hydrogen) atoms. The van der Waals surface area contributed by atoms with Crippen molar-refractivity contribution in [2.75, 3.05) is 26.4 Å². The summed E-state index contributed by atoms with van der Waals surface area (Å²) in [5.41, 5.74) is 4.68. The molecule has 1 amide bonds. The molecule has 0 bridgehead atoms. The van der Waals surface area contributed by atoms with Gasteiger partial charge in [-0.25, -0.2) is 12.7 Å². The van der Waals surface area contributed by atoms with Crippen molar-refractivity contribution in [2.24, 2.45) is 16.3 Å². The predicted molar refractivity (Wildman–Crippen MR) is 79.4 cm³/mol. The molecule has 0 aromatic carbocycles. The number of carbonyl (C=O) groups excluding carboxylic acids is 1. The van der Waals surface area contributed by atoms with Crippen LogP contribution >= 0.6 is 0 Å². The first kappa shape index (κ1) is 17.7. The molecule has 1 rings (SSSR count). The van der Waals surface area contributed by atoms with E-state index in [2.05, 4.69) is 10.5 Å². The minimum atomic E-state index is -3.36. The summed E-state index contributed by atoms with van der Waals surface area (Å²) in [6.07, 6.45) is 3.66. The third-order valence-electron chi connectivity index (χ3n) is 3.94. The molecule has 0 spiro atoms. The van der Waals surface area contributed by atoms with Gasteiger partial charge in [-0.3, -0.25) is 4.79 Å². The van der Waals surface area contributed by atoms with Crippen LogP contribution in [0.15, 0.2) is 5.16 Å². The van der Waals surface area contributed by atoms with E-state index in [1.807, 2.05) is 0 Å². The Morgan fingerprint density at radius 2 is 1.90 bits per heavy atom. The van der Waals surface area contributed by atoms with E-state index >= 15 is 0 Å². The van der Waals surface area contributed by atoms with Gasteiger partial charge in [0.25, 0.3) is 0 Å². The maximum atomic E-state index is 12.4. The Labute approximate surface area is 125 Å². The number of sulfonamides is 1. The number of carbonyl (C=O) groups is 1. The number of rotatable bonds is 6. The van der Waals surface area contributed by atoms with Crippen LogP contribution < -0.4 is 11.1 Å². The minimum absolute atomic E-state index is 0.000193. The fourth-order valence-electron chi connectivity index (χ4n) is 2.50. The summed E-state index contributed by atoms with van der Waals surface area (Å²) in [6.45, 7) is -0.000193. The van der Waals surface area contributed by atoms with E-state index < -0.39 is 15.4 Å². The first-order chi connectivity index (χ1) is 9.76. The average Bonchev–Trinajstić information content (AvgIpc) is 2.46. The Balaban J connectivity index is 2.71. The highest BCUT2D eigenvalue weighted by molar-refractivity contribution is 7.89. The molecule has 8 nitrogen and oxygen atoms in total. The molecule has 4 N–H and O–H groups in total. The van der Waals surface area contributed by atoms with Crippen LogP contribution in [0.3, 0.4) is 0 Å². The quantitative estimate of drug-likeness (QED) is 0.268. The maximum Gasteiger partial charge on any atom is 0.233 e. The van der Waals surface area contributed by atoms with Gasteiger partial charge in [0.2, 0.25) is 15.9 Å². The Kier molecular flexibility index (Phi) is 5.97. The molecule has 1 aliphatic carbocycles. The summed E-state index contributed by atoms with van der Waals surface area (Å²) in [4.78, 5) is 12.4. The summed E-state index contributed by atoms with van der Waals surface area (Å²) >= 11 is 0. The molecule has 0 atom stereocenters. The molecule has 1 aliphatic rings. The van der Waals surface area contributed by atoms with Gasteiger partial charge in [-0.15, -0.1) is 0 Å². The third kappa shape index (κ3) is 4.07. The van der Waals surface area contributed by atoms with E-state index in [4.69, 9.17) is 10.9 Å². The van der Waals surface area contributed by atoms with Crippen molar-refractivity contribution in [3.05, 3.63) is 0 Å². The molecule has 0 aromatic heterocycles. The number of nitrogens with one attached hydrogen (secondary N) is 1. The van der Waals surface area contributed by atoms with Crippen LogP contribution in [0.2, 0.25) is 0 Å². The summed E-state index contributed by atoms with van der Waals surface area (Å²) in [5, 5.41) is 14.5. The molecule has 9 heteroatoms. The Morgan fingerprint density at radius 3 is 2.38 bits per heavy atom.